The molecule has 1 saturated carbocycles. The Morgan fingerprint density at radius 3 is 2.53 bits per heavy atom. The summed E-state index contributed by atoms with van der Waals surface area (Å²) in [5, 5.41) is 7.68. The van der Waals surface area contributed by atoms with Gasteiger partial charge in [0.15, 0.2) is 5.78 Å². The van der Waals surface area contributed by atoms with Crippen LogP contribution >= 0.6 is 34.8 Å². The van der Waals surface area contributed by atoms with Crippen LogP contribution in [0.2, 0.25) is 15.1 Å². The molecule has 0 radical (unpaired) electrons. The van der Waals surface area contributed by atoms with Gasteiger partial charge in [0.2, 0.25) is 0 Å². The molecule has 0 aliphatic heterocycles. The van der Waals surface area contributed by atoms with Crippen LogP contribution in [0.4, 0.5) is 0 Å². The average Bonchev–Trinajstić information content (AvgIpc) is 3.32. The normalized spacial score (nSPS) is 18.2. The first-order valence-electron chi connectivity index (χ1n) is 9.80. The highest BCUT2D eigenvalue weighted by molar-refractivity contribution is 6.38. The highest BCUT2D eigenvalue weighted by Gasteiger charge is 2.43. The number of amides is 1. The van der Waals surface area contributed by atoms with Crippen molar-refractivity contribution in [1.82, 2.24) is 20.1 Å². The van der Waals surface area contributed by atoms with Crippen molar-refractivity contribution in [3.8, 4) is 5.69 Å². The molecule has 7 nitrogen and oxygen atoms in total. The Bertz CT molecular complexity index is 1170. The topological polar surface area (TPSA) is 94.0 Å². The quantitative estimate of drug-likeness (QED) is 0.519. The Morgan fingerprint density at radius 2 is 1.91 bits per heavy atom. The number of Topliss-reactive ketones (excluding diaryl/α,β-unsaturated/α-hetero) is 2. The molecule has 1 aliphatic rings. The van der Waals surface area contributed by atoms with Gasteiger partial charge >= 0.3 is 0 Å². The minimum atomic E-state index is -1.03. The smallest absolute Gasteiger partial charge is 0.269 e. The van der Waals surface area contributed by atoms with E-state index in [1.807, 2.05) is 0 Å². The molecular formula is C22H17Cl3N4O3. The van der Waals surface area contributed by atoms with Gasteiger partial charge in [0.25, 0.3) is 5.91 Å². The van der Waals surface area contributed by atoms with E-state index < -0.39 is 11.8 Å². The molecular weight excluding hydrogens is 475 g/mol. The summed E-state index contributed by atoms with van der Waals surface area (Å²) < 4.78 is 1.50. The summed E-state index contributed by atoms with van der Waals surface area (Å²) in [5.41, 5.74) is 1.14. The summed E-state index contributed by atoms with van der Waals surface area (Å²) in [5.74, 6) is -2.37. The van der Waals surface area contributed by atoms with E-state index in [0.29, 0.717) is 22.7 Å². The fourth-order valence-corrected chi connectivity index (χ4v) is 4.60. The van der Waals surface area contributed by atoms with Gasteiger partial charge < -0.3 is 5.32 Å². The van der Waals surface area contributed by atoms with E-state index in [2.05, 4.69) is 15.4 Å². The molecule has 2 aromatic heterocycles. The third-order valence-electron chi connectivity index (χ3n) is 5.30. The van der Waals surface area contributed by atoms with Crippen molar-refractivity contribution < 1.29 is 14.4 Å². The third kappa shape index (κ3) is 4.55. The predicted octanol–water partition coefficient (Wildman–Crippen LogP) is 4.29. The van der Waals surface area contributed by atoms with E-state index in [1.165, 1.54) is 17.1 Å². The van der Waals surface area contributed by atoms with Crippen molar-refractivity contribution in [2.45, 2.75) is 18.8 Å². The highest BCUT2D eigenvalue weighted by Crippen LogP contribution is 2.41. The highest BCUT2D eigenvalue weighted by atomic mass is 35.5. The van der Waals surface area contributed by atoms with Crippen LogP contribution in [0, 0.1) is 5.92 Å². The molecule has 2 atom stereocenters. The molecule has 0 saturated heterocycles. The number of aromatic nitrogens is 3. The molecule has 164 valence electrons. The van der Waals surface area contributed by atoms with E-state index in [-0.39, 0.29) is 46.2 Å². The van der Waals surface area contributed by atoms with E-state index in [9.17, 15) is 14.4 Å². The lowest BCUT2D eigenvalue weighted by molar-refractivity contribution is -0.124. The van der Waals surface area contributed by atoms with Crippen molar-refractivity contribution in [1.29, 1.82) is 0 Å². The first-order valence-corrected chi connectivity index (χ1v) is 10.9. The van der Waals surface area contributed by atoms with Gasteiger partial charge in [0, 0.05) is 46.9 Å². The largest absolute Gasteiger partial charge is 0.351 e. The predicted molar refractivity (Wildman–Crippen MR) is 121 cm³/mol. The average molecular weight is 492 g/mol. The van der Waals surface area contributed by atoms with Crippen LogP contribution in [-0.4, -0.2) is 38.8 Å². The molecule has 0 spiro atoms. The minimum absolute atomic E-state index is 0.0755. The Hall–Kier alpha value is -2.74. The number of carbonyl (C=O) groups excluding carboxylic acids is 3. The van der Waals surface area contributed by atoms with Gasteiger partial charge in [-0.25, -0.2) is 4.68 Å². The number of benzene rings is 1. The maximum absolute atomic E-state index is 13.0. The molecule has 1 aliphatic carbocycles. The van der Waals surface area contributed by atoms with Crippen LogP contribution in [0.5, 0.6) is 0 Å². The second-order valence-corrected chi connectivity index (χ2v) is 8.64. The Kier molecular flexibility index (Phi) is 6.60. The van der Waals surface area contributed by atoms with Gasteiger partial charge in [-0.1, -0.05) is 40.9 Å². The SMILES string of the molecule is O=C(NCCC1CC(=O)C(c2c(Cl)cc(-n3cc(Cl)cn3)cc2Cl)C1=O)c1ccccn1. The fourth-order valence-electron chi connectivity index (χ4n) is 3.77. The summed E-state index contributed by atoms with van der Waals surface area (Å²) in [6, 6.07) is 8.21. The second-order valence-electron chi connectivity index (χ2n) is 7.39. The number of ketones is 2. The molecule has 0 bridgehead atoms. The van der Waals surface area contributed by atoms with Gasteiger partial charge in [-0.15, -0.1) is 0 Å². The Labute approximate surface area is 198 Å². The number of nitrogens with one attached hydrogen (secondary N) is 1. The van der Waals surface area contributed by atoms with Crippen LogP contribution in [0.3, 0.4) is 0 Å². The Balaban J connectivity index is 1.46. The molecule has 2 unspecified atom stereocenters. The summed E-state index contributed by atoms with van der Waals surface area (Å²) in [6.45, 7) is 0.242. The van der Waals surface area contributed by atoms with Crippen molar-refractivity contribution in [2.75, 3.05) is 6.54 Å². The molecule has 1 N–H and O–H groups in total. The molecule has 1 aromatic carbocycles. The number of carbonyl (C=O) groups is 3. The van der Waals surface area contributed by atoms with Gasteiger partial charge in [0.05, 0.1) is 16.9 Å². The van der Waals surface area contributed by atoms with Crippen LogP contribution in [0.25, 0.3) is 5.69 Å². The Morgan fingerprint density at radius 1 is 1.16 bits per heavy atom. The van der Waals surface area contributed by atoms with Gasteiger partial charge in [-0.3, -0.25) is 19.4 Å². The van der Waals surface area contributed by atoms with Crippen molar-refractivity contribution in [3.05, 3.63) is 75.2 Å². The molecule has 2 heterocycles. The summed E-state index contributed by atoms with van der Waals surface area (Å²) >= 11 is 18.8. The summed E-state index contributed by atoms with van der Waals surface area (Å²) in [6.07, 6.45) is 4.99. The summed E-state index contributed by atoms with van der Waals surface area (Å²) in [4.78, 5) is 41.8. The third-order valence-corrected chi connectivity index (χ3v) is 6.12. The zero-order chi connectivity index (χ0) is 22.8. The standard InChI is InChI=1S/C22H17Cl3N4O3/c23-13-10-28-29(11-13)14-8-15(24)19(16(25)9-14)20-18(30)7-12(21(20)31)4-6-27-22(32)17-3-1-2-5-26-17/h1-3,5,8-12,20H,4,6-7H2,(H,27,32). The van der Waals surface area contributed by atoms with Crippen LogP contribution in [0.1, 0.15) is 34.8 Å². The molecule has 1 fully saturated rings. The first-order chi connectivity index (χ1) is 15.3. The molecule has 1 amide bonds. The fraction of sp³-hybridized carbons (Fsp3) is 0.227. The van der Waals surface area contributed by atoms with E-state index >= 15 is 0 Å². The monoisotopic (exact) mass is 490 g/mol. The first kappa shape index (κ1) is 22.5. The maximum Gasteiger partial charge on any atom is 0.269 e. The zero-order valence-corrected chi connectivity index (χ0v) is 18.9. The van der Waals surface area contributed by atoms with E-state index in [4.69, 9.17) is 34.8 Å². The van der Waals surface area contributed by atoms with Crippen molar-refractivity contribution >= 4 is 52.3 Å². The van der Waals surface area contributed by atoms with Gasteiger partial charge in [0.1, 0.15) is 17.4 Å². The molecule has 32 heavy (non-hydrogen) atoms. The number of nitrogens with zero attached hydrogens (tertiary/aromatic N) is 3. The second kappa shape index (κ2) is 9.40. The van der Waals surface area contributed by atoms with E-state index in [1.54, 1.807) is 36.5 Å². The minimum Gasteiger partial charge on any atom is -0.351 e. The maximum atomic E-state index is 13.0. The molecule has 3 aromatic rings. The number of pyridine rings is 1. The summed E-state index contributed by atoms with van der Waals surface area (Å²) in [7, 11) is 0. The lowest BCUT2D eigenvalue weighted by Gasteiger charge is -2.15. The number of halogens is 3. The van der Waals surface area contributed by atoms with Gasteiger partial charge in [-0.05, 0) is 30.7 Å². The van der Waals surface area contributed by atoms with E-state index in [0.717, 1.165) is 0 Å². The lowest BCUT2D eigenvalue weighted by Crippen LogP contribution is -2.27. The number of hydrogen-bond donors (Lipinski definition) is 1. The lowest BCUT2D eigenvalue weighted by atomic mass is 9.93. The molecule has 10 heteroatoms. The number of hydrogen-bond acceptors (Lipinski definition) is 5. The van der Waals surface area contributed by atoms with Gasteiger partial charge in [-0.2, -0.15) is 5.10 Å². The van der Waals surface area contributed by atoms with Crippen LogP contribution in [-0.2, 0) is 9.59 Å². The number of rotatable bonds is 6. The van der Waals surface area contributed by atoms with Crippen LogP contribution < -0.4 is 5.32 Å². The molecule has 4 rings (SSSR count). The van der Waals surface area contributed by atoms with Crippen LogP contribution in [0.15, 0.2) is 48.9 Å². The zero-order valence-electron chi connectivity index (χ0n) is 16.6. The van der Waals surface area contributed by atoms with Crippen molar-refractivity contribution in [2.24, 2.45) is 5.92 Å². The van der Waals surface area contributed by atoms with Crippen molar-refractivity contribution in [3.63, 3.8) is 0 Å².